The first-order valence-electron chi connectivity index (χ1n) is 15.4. The molecule has 0 aliphatic rings. The molecule has 1 rings (SSSR count). The van der Waals surface area contributed by atoms with Crippen LogP contribution in [0.15, 0.2) is 29.4 Å². The van der Waals surface area contributed by atoms with E-state index in [4.69, 9.17) is 20.0 Å². The van der Waals surface area contributed by atoms with Crippen molar-refractivity contribution in [3.8, 4) is 0 Å². The summed E-state index contributed by atoms with van der Waals surface area (Å²) in [6.07, 6.45) is 5.72. The predicted octanol–water partition coefficient (Wildman–Crippen LogP) is 2.63. The minimum atomic E-state index is -0.759. The molecule has 0 aliphatic carbocycles. The predicted molar refractivity (Wildman–Crippen MR) is 169 cm³/mol. The van der Waals surface area contributed by atoms with E-state index in [2.05, 4.69) is 26.4 Å². The third-order valence-electron chi connectivity index (χ3n) is 6.38. The lowest BCUT2D eigenvalue weighted by molar-refractivity contribution is -0.129. The van der Waals surface area contributed by atoms with E-state index in [9.17, 15) is 19.2 Å². The summed E-state index contributed by atoms with van der Waals surface area (Å²) >= 11 is 0. The molecule has 0 aliphatic heterocycles. The standard InChI is InChI=1S/C31H52N6O7/c1-5-17-43-31(41)35-16-19-42-18-9-8-15-36-44-22-24-11-10-12-25(21-24)29(39)34-14-7-6-13-26(28(32)38)37-30(40)27(33-4)20-23(2)3/h10-12,15,21,23,26-27,33H,5-9,13-14,16-20,22H2,1-4H3,(H2,32,38)(H,34,39)(H,35,41)(H,37,40)/b36-15-/t26-,27-/m0/s1. The third kappa shape index (κ3) is 18.1. The average Bonchev–Trinajstić information content (AvgIpc) is 3.00. The molecule has 1 aromatic rings. The van der Waals surface area contributed by atoms with Gasteiger partial charge in [0.1, 0.15) is 12.6 Å². The molecule has 0 saturated heterocycles. The highest BCUT2D eigenvalue weighted by Gasteiger charge is 2.23. The number of nitrogens with one attached hydrogen (secondary N) is 4. The normalized spacial score (nSPS) is 12.5. The van der Waals surface area contributed by atoms with Crippen LogP contribution >= 0.6 is 0 Å². The van der Waals surface area contributed by atoms with E-state index in [0.29, 0.717) is 76.5 Å². The minimum absolute atomic E-state index is 0.214. The molecule has 2 atom stereocenters. The molecular formula is C31H52N6O7. The molecule has 13 nitrogen and oxygen atoms in total. The molecule has 0 saturated carbocycles. The summed E-state index contributed by atoms with van der Waals surface area (Å²) in [6, 6.07) is 5.96. The number of alkyl carbamates (subject to hydrolysis) is 1. The number of hydrogen-bond acceptors (Lipinski definition) is 9. The fourth-order valence-corrected chi connectivity index (χ4v) is 4.03. The lowest BCUT2D eigenvalue weighted by Gasteiger charge is -2.21. The Morgan fingerprint density at radius 1 is 1.00 bits per heavy atom. The van der Waals surface area contributed by atoms with Gasteiger partial charge in [0.05, 0.1) is 19.3 Å². The second-order valence-corrected chi connectivity index (χ2v) is 10.8. The lowest BCUT2D eigenvalue weighted by Crippen LogP contribution is -2.51. The van der Waals surface area contributed by atoms with Crippen LogP contribution in [0.1, 0.15) is 81.6 Å². The van der Waals surface area contributed by atoms with Crippen molar-refractivity contribution in [2.24, 2.45) is 16.8 Å². The Morgan fingerprint density at radius 2 is 1.80 bits per heavy atom. The van der Waals surface area contributed by atoms with E-state index >= 15 is 0 Å². The molecule has 0 bridgehead atoms. The van der Waals surface area contributed by atoms with E-state index in [0.717, 1.165) is 18.4 Å². The summed E-state index contributed by atoms with van der Waals surface area (Å²) in [5, 5.41) is 15.2. The number of carbonyl (C=O) groups is 4. The van der Waals surface area contributed by atoms with Gasteiger partial charge in [0.15, 0.2) is 0 Å². The number of nitrogens with zero attached hydrogens (tertiary/aromatic N) is 1. The smallest absolute Gasteiger partial charge is 0.407 e. The van der Waals surface area contributed by atoms with Crippen molar-refractivity contribution >= 4 is 30.0 Å². The molecule has 0 unspecified atom stereocenters. The van der Waals surface area contributed by atoms with Crippen molar-refractivity contribution in [3.63, 3.8) is 0 Å². The summed E-state index contributed by atoms with van der Waals surface area (Å²) in [7, 11) is 1.71. The second-order valence-electron chi connectivity index (χ2n) is 10.8. The van der Waals surface area contributed by atoms with Crippen LogP contribution in [0.3, 0.4) is 0 Å². The Balaban J connectivity index is 2.26. The van der Waals surface area contributed by atoms with Gasteiger partial charge in [-0.05, 0) is 75.6 Å². The van der Waals surface area contributed by atoms with Gasteiger partial charge in [-0.3, -0.25) is 14.4 Å². The number of primary amides is 1. The SMILES string of the molecule is CCCOC(=O)NCCOCCC/C=N\OCc1cccc(C(=O)NCCCC[C@H](NC(=O)[C@H](CC(C)C)NC)C(N)=O)c1. The van der Waals surface area contributed by atoms with Crippen molar-refractivity contribution in [3.05, 3.63) is 35.4 Å². The number of hydrogen-bond donors (Lipinski definition) is 5. The van der Waals surface area contributed by atoms with Crippen molar-refractivity contribution in [1.82, 2.24) is 21.3 Å². The highest BCUT2D eigenvalue weighted by Crippen LogP contribution is 2.09. The Bertz CT molecular complexity index is 1020. The van der Waals surface area contributed by atoms with Gasteiger partial charge < -0.3 is 41.3 Å². The Kier molecular flexibility index (Phi) is 20.6. The van der Waals surface area contributed by atoms with Gasteiger partial charge in [-0.2, -0.15) is 0 Å². The van der Waals surface area contributed by atoms with E-state index in [1.54, 1.807) is 31.5 Å². The maximum Gasteiger partial charge on any atom is 0.407 e. The number of carbonyl (C=O) groups excluding carboxylic acids is 4. The Hall–Kier alpha value is -3.71. The zero-order valence-electron chi connectivity index (χ0n) is 26.7. The van der Waals surface area contributed by atoms with Gasteiger partial charge in [0.2, 0.25) is 11.8 Å². The molecular weight excluding hydrogens is 568 g/mol. The van der Waals surface area contributed by atoms with Crippen LogP contribution in [0.2, 0.25) is 0 Å². The molecule has 0 aromatic heterocycles. The zero-order valence-corrected chi connectivity index (χ0v) is 26.7. The summed E-state index contributed by atoms with van der Waals surface area (Å²) in [5.74, 6) is -0.713. The molecule has 0 fully saturated rings. The number of likely N-dealkylation sites (N-methyl/N-ethyl adjacent to an activating group) is 1. The van der Waals surface area contributed by atoms with Crippen LogP contribution in [0, 0.1) is 5.92 Å². The fourth-order valence-electron chi connectivity index (χ4n) is 4.03. The van der Waals surface area contributed by atoms with Gasteiger partial charge in [-0.15, -0.1) is 0 Å². The molecule has 0 spiro atoms. The number of nitrogens with two attached hydrogens (primary N) is 1. The largest absolute Gasteiger partial charge is 0.450 e. The van der Waals surface area contributed by atoms with Gasteiger partial charge in [0.25, 0.3) is 5.91 Å². The number of oxime groups is 1. The first kappa shape index (κ1) is 38.3. The zero-order chi connectivity index (χ0) is 32.6. The quantitative estimate of drug-likeness (QED) is 0.0664. The maximum absolute atomic E-state index is 12.6. The third-order valence-corrected chi connectivity index (χ3v) is 6.38. The van der Waals surface area contributed by atoms with Crippen molar-refractivity contribution in [1.29, 1.82) is 0 Å². The molecule has 0 radical (unpaired) electrons. The first-order valence-corrected chi connectivity index (χ1v) is 15.4. The van der Waals surface area contributed by atoms with Gasteiger partial charge in [-0.1, -0.05) is 38.1 Å². The number of ether oxygens (including phenoxy) is 2. The van der Waals surface area contributed by atoms with Crippen LogP contribution < -0.4 is 27.0 Å². The second kappa shape index (κ2) is 23.7. The van der Waals surface area contributed by atoms with E-state index in [-0.39, 0.29) is 24.5 Å². The number of rotatable bonds is 24. The van der Waals surface area contributed by atoms with Crippen molar-refractivity contribution in [2.75, 3.05) is 40.0 Å². The molecule has 1 aromatic carbocycles. The van der Waals surface area contributed by atoms with Crippen LogP contribution in [0.4, 0.5) is 4.79 Å². The average molecular weight is 621 g/mol. The van der Waals surface area contributed by atoms with Crippen molar-refractivity contribution < 1.29 is 33.5 Å². The van der Waals surface area contributed by atoms with Gasteiger partial charge >= 0.3 is 6.09 Å². The number of benzene rings is 1. The minimum Gasteiger partial charge on any atom is -0.450 e. The van der Waals surface area contributed by atoms with E-state index < -0.39 is 18.0 Å². The maximum atomic E-state index is 12.6. The lowest BCUT2D eigenvalue weighted by atomic mass is 10.0. The topological polar surface area (TPSA) is 182 Å². The highest BCUT2D eigenvalue weighted by molar-refractivity contribution is 5.94. The Labute approximate surface area is 261 Å². The molecule has 4 amide bonds. The summed E-state index contributed by atoms with van der Waals surface area (Å²) in [6.45, 7) is 8.36. The molecule has 248 valence electrons. The van der Waals surface area contributed by atoms with Crippen LogP contribution in [0.25, 0.3) is 0 Å². The van der Waals surface area contributed by atoms with E-state index in [1.807, 2.05) is 26.8 Å². The Morgan fingerprint density at radius 3 is 2.50 bits per heavy atom. The summed E-state index contributed by atoms with van der Waals surface area (Å²) < 4.78 is 10.4. The van der Waals surface area contributed by atoms with Gasteiger partial charge in [0, 0.05) is 31.5 Å². The summed E-state index contributed by atoms with van der Waals surface area (Å²) in [4.78, 5) is 53.6. The number of amides is 4. The highest BCUT2D eigenvalue weighted by atomic mass is 16.6. The van der Waals surface area contributed by atoms with Crippen molar-refractivity contribution in [2.45, 2.75) is 84.4 Å². The fraction of sp³-hybridized carbons (Fsp3) is 0.645. The van der Waals surface area contributed by atoms with Gasteiger partial charge in [-0.25, -0.2) is 4.79 Å². The molecule has 0 heterocycles. The monoisotopic (exact) mass is 620 g/mol. The first-order chi connectivity index (χ1) is 21.2. The van der Waals surface area contributed by atoms with E-state index in [1.165, 1.54) is 0 Å². The number of unbranched alkanes of at least 4 members (excludes halogenated alkanes) is 2. The summed E-state index contributed by atoms with van der Waals surface area (Å²) in [5.41, 5.74) is 6.81. The molecule has 6 N–H and O–H groups in total. The molecule has 13 heteroatoms. The molecule has 44 heavy (non-hydrogen) atoms. The van der Waals surface area contributed by atoms with Crippen LogP contribution in [-0.4, -0.2) is 82.1 Å². The van der Waals surface area contributed by atoms with Crippen LogP contribution in [-0.2, 0) is 30.5 Å². The van der Waals surface area contributed by atoms with Crippen LogP contribution in [0.5, 0.6) is 0 Å².